The topological polar surface area (TPSA) is 25.2 Å². The van der Waals surface area contributed by atoms with Crippen LogP contribution in [0.15, 0.2) is 23.0 Å². The van der Waals surface area contributed by atoms with E-state index in [4.69, 9.17) is 4.42 Å². The average molecular weight is 207 g/mol. The molecule has 1 N–H and O–H groups in total. The van der Waals surface area contributed by atoms with Crippen molar-refractivity contribution in [2.24, 2.45) is 5.41 Å². The van der Waals surface area contributed by atoms with Gasteiger partial charge in [0, 0.05) is 18.7 Å². The highest BCUT2D eigenvalue weighted by molar-refractivity contribution is 5.04. The average Bonchev–Trinajstić information content (AvgIpc) is 2.71. The molecule has 0 aliphatic heterocycles. The first-order valence-corrected chi connectivity index (χ1v) is 6.00. The van der Waals surface area contributed by atoms with Gasteiger partial charge in [-0.15, -0.1) is 0 Å². The van der Waals surface area contributed by atoms with E-state index in [2.05, 4.69) is 12.2 Å². The highest BCUT2D eigenvalue weighted by atomic mass is 16.3. The van der Waals surface area contributed by atoms with Crippen LogP contribution in [0.2, 0.25) is 0 Å². The third kappa shape index (κ3) is 3.10. The largest absolute Gasteiger partial charge is 0.472 e. The Kier molecular flexibility index (Phi) is 3.47. The van der Waals surface area contributed by atoms with Crippen LogP contribution in [0.25, 0.3) is 0 Å². The molecule has 84 valence electrons. The van der Waals surface area contributed by atoms with E-state index in [9.17, 15) is 0 Å². The minimum atomic E-state index is 0.530. The summed E-state index contributed by atoms with van der Waals surface area (Å²) in [5.41, 5.74) is 1.77. The SMILES string of the molecule is CC1(CNCc2ccoc2)CCCCC1. The lowest BCUT2D eigenvalue weighted by Crippen LogP contribution is -2.33. The molecule has 0 aromatic carbocycles. The molecule has 1 fully saturated rings. The van der Waals surface area contributed by atoms with Crippen molar-refractivity contribution in [2.45, 2.75) is 45.6 Å². The molecule has 2 heteroatoms. The summed E-state index contributed by atoms with van der Waals surface area (Å²) in [4.78, 5) is 0. The molecule has 0 saturated heterocycles. The van der Waals surface area contributed by atoms with E-state index in [1.54, 1.807) is 6.26 Å². The predicted molar refractivity (Wildman–Crippen MR) is 61.6 cm³/mol. The molecule has 2 nitrogen and oxygen atoms in total. The minimum Gasteiger partial charge on any atom is -0.472 e. The number of nitrogens with one attached hydrogen (secondary N) is 1. The molecule has 1 aromatic heterocycles. The van der Waals surface area contributed by atoms with Crippen molar-refractivity contribution in [1.82, 2.24) is 5.32 Å². The van der Waals surface area contributed by atoms with Gasteiger partial charge < -0.3 is 9.73 Å². The fraction of sp³-hybridized carbons (Fsp3) is 0.692. The molecule has 1 heterocycles. The monoisotopic (exact) mass is 207 g/mol. The molecule has 1 saturated carbocycles. The fourth-order valence-corrected chi connectivity index (χ4v) is 2.48. The first-order chi connectivity index (χ1) is 7.29. The zero-order valence-electron chi connectivity index (χ0n) is 9.59. The number of hydrogen-bond acceptors (Lipinski definition) is 2. The quantitative estimate of drug-likeness (QED) is 0.819. The van der Waals surface area contributed by atoms with Gasteiger partial charge in [-0.25, -0.2) is 0 Å². The summed E-state index contributed by atoms with van der Waals surface area (Å²) in [5.74, 6) is 0. The van der Waals surface area contributed by atoms with Gasteiger partial charge in [0.25, 0.3) is 0 Å². The van der Waals surface area contributed by atoms with E-state index in [-0.39, 0.29) is 0 Å². The molecule has 1 aliphatic rings. The van der Waals surface area contributed by atoms with Gasteiger partial charge in [-0.05, 0) is 24.3 Å². The standard InChI is InChI=1S/C13H21NO/c1-13(6-3-2-4-7-13)11-14-9-12-5-8-15-10-12/h5,8,10,14H,2-4,6-7,9,11H2,1H3. The number of hydrogen-bond donors (Lipinski definition) is 1. The molecule has 0 atom stereocenters. The Balaban J connectivity index is 1.72. The van der Waals surface area contributed by atoms with Gasteiger partial charge in [0.1, 0.15) is 0 Å². The molecular weight excluding hydrogens is 186 g/mol. The highest BCUT2D eigenvalue weighted by Crippen LogP contribution is 2.34. The summed E-state index contributed by atoms with van der Waals surface area (Å²) in [6.45, 7) is 4.48. The van der Waals surface area contributed by atoms with Crippen LogP contribution in [0, 0.1) is 5.41 Å². The Morgan fingerprint density at radius 1 is 1.33 bits per heavy atom. The van der Waals surface area contributed by atoms with E-state index in [0.717, 1.165) is 13.1 Å². The molecule has 0 amide bonds. The summed E-state index contributed by atoms with van der Waals surface area (Å²) in [6, 6.07) is 2.02. The maximum absolute atomic E-state index is 5.04. The van der Waals surface area contributed by atoms with Crippen molar-refractivity contribution in [3.63, 3.8) is 0 Å². The molecule has 15 heavy (non-hydrogen) atoms. The first-order valence-electron chi connectivity index (χ1n) is 6.00. The van der Waals surface area contributed by atoms with Crippen molar-refractivity contribution in [3.05, 3.63) is 24.2 Å². The van der Waals surface area contributed by atoms with Crippen LogP contribution < -0.4 is 5.32 Å². The Labute approximate surface area is 92.1 Å². The van der Waals surface area contributed by atoms with Gasteiger partial charge >= 0.3 is 0 Å². The smallest absolute Gasteiger partial charge is 0.0947 e. The predicted octanol–water partition coefficient (Wildman–Crippen LogP) is 3.34. The fourth-order valence-electron chi connectivity index (χ4n) is 2.48. The Hall–Kier alpha value is -0.760. The van der Waals surface area contributed by atoms with Crippen LogP contribution >= 0.6 is 0 Å². The van der Waals surface area contributed by atoms with Gasteiger partial charge in [0.05, 0.1) is 12.5 Å². The van der Waals surface area contributed by atoms with Gasteiger partial charge in [0.2, 0.25) is 0 Å². The lowest BCUT2D eigenvalue weighted by molar-refractivity contribution is 0.207. The van der Waals surface area contributed by atoms with Gasteiger partial charge in [-0.2, -0.15) is 0 Å². The zero-order valence-corrected chi connectivity index (χ0v) is 9.59. The Bertz CT molecular complexity index is 273. The molecular formula is C13H21NO. The third-order valence-electron chi connectivity index (χ3n) is 3.52. The van der Waals surface area contributed by atoms with Gasteiger partial charge in [-0.1, -0.05) is 26.2 Å². The number of furan rings is 1. The lowest BCUT2D eigenvalue weighted by Gasteiger charge is -2.33. The molecule has 1 aromatic rings. The molecule has 0 bridgehead atoms. The Morgan fingerprint density at radius 3 is 2.80 bits per heavy atom. The van der Waals surface area contributed by atoms with Crippen molar-refractivity contribution >= 4 is 0 Å². The molecule has 0 radical (unpaired) electrons. The van der Waals surface area contributed by atoms with Gasteiger partial charge in [0.15, 0.2) is 0 Å². The maximum atomic E-state index is 5.04. The summed E-state index contributed by atoms with van der Waals surface area (Å²) in [6.07, 6.45) is 10.6. The van der Waals surface area contributed by atoms with E-state index in [1.165, 1.54) is 37.7 Å². The molecule has 1 aliphatic carbocycles. The second-order valence-electron chi connectivity index (χ2n) is 5.11. The van der Waals surface area contributed by atoms with Crippen molar-refractivity contribution < 1.29 is 4.42 Å². The second kappa shape index (κ2) is 4.84. The normalized spacial score (nSPS) is 20.3. The Morgan fingerprint density at radius 2 is 2.13 bits per heavy atom. The zero-order chi connectivity index (χ0) is 10.6. The van der Waals surface area contributed by atoms with Crippen molar-refractivity contribution in [3.8, 4) is 0 Å². The lowest BCUT2D eigenvalue weighted by atomic mass is 9.76. The highest BCUT2D eigenvalue weighted by Gasteiger charge is 2.25. The van der Waals surface area contributed by atoms with Gasteiger partial charge in [-0.3, -0.25) is 0 Å². The van der Waals surface area contributed by atoms with E-state index >= 15 is 0 Å². The van der Waals surface area contributed by atoms with Crippen molar-refractivity contribution in [2.75, 3.05) is 6.54 Å². The second-order valence-corrected chi connectivity index (χ2v) is 5.11. The summed E-state index contributed by atoms with van der Waals surface area (Å²) in [7, 11) is 0. The molecule has 2 rings (SSSR count). The van der Waals surface area contributed by atoms with Crippen LogP contribution in [0.4, 0.5) is 0 Å². The maximum Gasteiger partial charge on any atom is 0.0947 e. The molecule has 0 unspecified atom stereocenters. The summed E-state index contributed by atoms with van der Waals surface area (Å²) < 4.78 is 5.04. The van der Waals surface area contributed by atoms with E-state index in [1.807, 2.05) is 12.3 Å². The summed E-state index contributed by atoms with van der Waals surface area (Å²) in [5, 5.41) is 3.54. The van der Waals surface area contributed by atoms with Crippen molar-refractivity contribution in [1.29, 1.82) is 0 Å². The van der Waals surface area contributed by atoms with E-state index < -0.39 is 0 Å². The van der Waals surface area contributed by atoms with Crippen LogP contribution in [0.5, 0.6) is 0 Å². The first kappa shape index (κ1) is 10.7. The summed E-state index contributed by atoms with van der Waals surface area (Å²) >= 11 is 0. The minimum absolute atomic E-state index is 0.530. The third-order valence-corrected chi connectivity index (χ3v) is 3.52. The van der Waals surface area contributed by atoms with Crippen LogP contribution in [-0.2, 0) is 6.54 Å². The van der Waals surface area contributed by atoms with Crippen LogP contribution in [0.3, 0.4) is 0 Å². The number of rotatable bonds is 4. The van der Waals surface area contributed by atoms with E-state index in [0.29, 0.717) is 5.41 Å². The van der Waals surface area contributed by atoms with Crippen LogP contribution in [-0.4, -0.2) is 6.54 Å². The molecule has 0 spiro atoms. The van der Waals surface area contributed by atoms with Crippen LogP contribution in [0.1, 0.15) is 44.6 Å².